The van der Waals surface area contributed by atoms with E-state index in [1.807, 2.05) is 0 Å². The van der Waals surface area contributed by atoms with Crippen LogP contribution in [0.3, 0.4) is 0 Å². The maximum absolute atomic E-state index is 10.8. The minimum Gasteiger partial charge on any atom is -0.392 e. The fourth-order valence-corrected chi connectivity index (χ4v) is 5.68. The molecule has 4 bridgehead atoms. The molecule has 0 aromatic rings. The molecular formula is C15H26O. The molecule has 1 nitrogen and oxygen atoms in total. The third-order valence-electron chi connectivity index (χ3n) is 6.94. The first-order valence-electron chi connectivity index (χ1n) is 7.01. The SMILES string of the molecule is CC1(C)CCC[C@@]2(C)C3CC[C@@]2(C)[C@H](O)[C@@H]31. The number of rotatable bonds is 0. The van der Waals surface area contributed by atoms with Crippen molar-refractivity contribution in [3.05, 3.63) is 0 Å². The topological polar surface area (TPSA) is 20.2 Å². The molecule has 0 aromatic carbocycles. The minimum atomic E-state index is -0.0495. The van der Waals surface area contributed by atoms with E-state index < -0.39 is 0 Å². The van der Waals surface area contributed by atoms with Gasteiger partial charge in [0.15, 0.2) is 0 Å². The Morgan fingerprint density at radius 2 is 1.62 bits per heavy atom. The Balaban J connectivity index is 2.12. The third-order valence-corrected chi connectivity index (χ3v) is 6.94. The second-order valence-corrected chi connectivity index (χ2v) is 7.79. The van der Waals surface area contributed by atoms with E-state index >= 15 is 0 Å². The normalized spacial score (nSPS) is 58.7. The number of aliphatic hydroxyl groups is 1. The van der Waals surface area contributed by atoms with Gasteiger partial charge in [0, 0.05) is 0 Å². The number of hydrogen-bond acceptors (Lipinski definition) is 1. The van der Waals surface area contributed by atoms with Crippen LogP contribution in [0.4, 0.5) is 0 Å². The van der Waals surface area contributed by atoms with Gasteiger partial charge in [-0.3, -0.25) is 0 Å². The van der Waals surface area contributed by atoms with Crippen LogP contribution in [0.25, 0.3) is 0 Å². The third kappa shape index (κ3) is 0.978. The van der Waals surface area contributed by atoms with Crippen molar-refractivity contribution < 1.29 is 5.11 Å². The summed E-state index contributed by atoms with van der Waals surface area (Å²) >= 11 is 0. The van der Waals surface area contributed by atoms with E-state index in [0.717, 1.165) is 5.92 Å². The minimum absolute atomic E-state index is 0.0495. The molecule has 0 saturated heterocycles. The molecule has 1 unspecified atom stereocenters. The van der Waals surface area contributed by atoms with Gasteiger partial charge in [0.25, 0.3) is 0 Å². The van der Waals surface area contributed by atoms with Gasteiger partial charge in [-0.25, -0.2) is 0 Å². The van der Waals surface area contributed by atoms with Crippen LogP contribution in [-0.4, -0.2) is 11.2 Å². The summed E-state index contributed by atoms with van der Waals surface area (Å²) < 4.78 is 0. The van der Waals surface area contributed by atoms with E-state index in [-0.39, 0.29) is 11.5 Å². The zero-order valence-corrected chi connectivity index (χ0v) is 11.2. The Hall–Kier alpha value is -0.0400. The molecule has 16 heavy (non-hydrogen) atoms. The van der Waals surface area contributed by atoms with E-state index in [2.05, 4.69) is 27.7 Å². The van der Waals surface area contributed by atoms with Crippen LogP contribution in [0.15, 0.2) is 0 Å². The van der Waals surface area contributed by atoms with Crippen LogP contribution in [0, 0.1) is 28.1 Å². The molecule has 0 aliphatic heterocycles. The average Bonchev–Trinajstić information content (AvgIpc) is 2.47. The summed E-state index contributed by atoms with van der Waals surface area (Å²) in [5.41, 5.74) is 0.977. The molecule has 3 fully saturated rings. The van der Waals surface area contributed by atoms with Crippen molar-refractivity contribution in [2.75, 3.05) is 0 Å². The van der Waals surface area contributed by atoms with Gasteiger partial charge in [0.2, 0.25) is 0 Å². The summed E-state index contributed by atoms with van der Waals surface area (Å²) in [6.07, 6.45) is 6.56. The first-order chi connectivity index (χ1) is 7.33. The fourth-order valence-electron chi connectivity index (χ4n) is 5.68. The van der Waals surface area contributed by atoms with Crippen molar-refractivity contribution in [3.63, 3.8) is 0 Å². The lowest BCUT2D eigenvalue weighted by atomic mass is 9.63. The predicted octanol–water partition coefficient (Wildman–Crippen LogP) is 3.61. The molecule has 0 spiro atoms. The van der Waals surface area contributed by atoms with Gasteiger partial charge in [-0.1, -0.05) is 34.1 Å². The standard InChI is InChI=1S/C15H26O/c1-13(2)7-5-8-14(3)10-6-9-15(14,4)12(16)11(10)13/h10-12,16H,5-9H2,1-4H3/t10?,11-,12-,14+,15+/m1/s1. The molecule has 3 saturated carbocycles. The molecule has 3 rings (SSSR count). The van der Waals surface area contributed by atoms with Gasteiger partial charge in [0.05, 0.1) is 6.10 Å². The Labute approximate surface area is 99.6 Å². The molecule has 5 atom stereocenters. The van der Waals surface area contributed by atoms with Crippen LogP contribution < -0.4 is 0 Å². The van der Waals surface area contributed by atoms with Crippen molar-refractivity contribution in [1.82, 2.24) is 0 Å². The molecule has 3 aliphatic rings. The Bertz CT molecular complexity index is 321. The Morgan fingerprint density at radius 1 is 0.938 bits per heavy atom. The summed E-state index contributed by atoms with van der Waals surface area (Å²) in [5.74, 6) is 1.34. The first-order valence-corrected chi connectivity index (χ1v) is 7.01. The van der Waals surface area contributed by atoms with Crippen LogP contribution in [0.1, 0.15) is 59.8 Å². The van der Waals surface area contributed by atoms with Crippen LogP contribution in [-0.2, 0) is 0 Å². The Morgan fingerprint density at radius 3 is 2.31 bits per heavy atom. The molecule has 0 amide bonds. The highest BCUT2D eigenvalue weighted by Gasteiger charge is 2.70. The zero-order chi connectivity index (χ0) is 11.8. The van der Waals surface area contributed by atoms with E-state index in [1.165, 1.54) is 32.1 Å². The lowest BCUT2D eigenvalue weighted by Gasteiger charge is -2.44. The van der Waals surface area contributed by atoms with Gasteiger partial charge in [-0.05, 0) is 53.8 Å². The first kappa shape index (κ1) is 11.1. The number of aliphatic hydroxyl groups excluding tert-OH is 1. The molecule has 1 heteroatoms. The molecule has 0 radical (unpaired) electrons. The molecule has 1 N–H and O–H groups in total. The van der Waals surface area contributed by atoms with Crippen molar-refractivity contribution >= 4 is 0 Å². The van der Waals surface area contributed by atoms with Crippen molar-refractivity contribution in [3.8, 4) is 0 Å². The lowest BCUT2D eigenvalue weighted by molar-refractivity contribution is -0.0578. The largest absolute Gasteiger partial charge is 0.392 e. The predicted molar refractivity (Wildman–Crippen MR) is 66.1 cm³/mol. The second-order valence-electron chi connectivity index (χ2n) is 7.79. The molecule has 92 valence electrons. The van der Waals surface area contributed by atoms with Gasteiger partial charge in [-0.15, -0.1) is 0 Å². The molecule has 3 aliphatic carbocycles. The fraction of sp³-hybridized carbons (Fsp3) is 1.00. The molecule has 0 heterocycles. The zero-order valence-electron chi connectivity index (χ0n) is 11.2. The summed E-state index contributed by atoms with van der Waals surface area (Å²) in [4.78, 5) is 0. The lowest BCUT2D eigenvalue weighted by Crippen LogP contribution is -2.43. The summed E-state index contributed by atoms with van der Waals surface area (Å²) in [6.45, 7) is 9.60. The van der Waals surface area contributed by atoms with Crippen LogP contribution >= 0.6 is 0 Å². The van der Waals surface area contributed by atoms with E-state index in [0.29, 0.717) is 16.7 Å². The highest BCUT2D eigenvalue weighted by atomic mass is 16.3. The Kier molecular flexibility index (Phi) is 1.98. The monoisotopic (exact) mass is 222 g/mol. The maximum Gasteiger partial charge on any atom is 0.0635 e. The van der Waals surface area contributed by atoms with Crippen molar-refractivity contribution in [1.29, 1.82) is 0 Å². The van der Waals surface area contributed by atoms with Gasteiger partial charge in [-0.2, -0.15) is 0 Å². The van der Waals surface area contributed by atoms with Crippen molar-refractivity contribution in [2.45, 2.75) is 65.9 Å². The van der Waals surface area contributed by atoms with Crippen LogP contribution in [0.2, 0.25) is 0 Å². The summed E-state index contributed by atoms with van der Waals surface area (Å²) in [7, 11) is 0. The molecular weight excluding hydrogens is 196 g/mol. The second kappa shape index (κ2) is 2.85. The average molecular weight is 222 g/mol. The van der Waals surface area contributed by atoms with Gasteiger partial charge in [0.1, 0.15) is 0 Å². The summed E-state index contributed by atoms with van der Waals surface area (Å²) in [5, 5.41) is 10.8. The summed E-state index contributed by atoms with van der Waals surface area (Å²) in [6, 6.07) is 0. The van der Waals surface area contributed by atoms with Gasteiger partial charge < -0.3 is 5.11 Å². The quantitative estimate of drug-likeness (QED) is 0.664. The van der Waals surface area contributed by atoms with E-state index in [1.54, 1.807) is 0 Å². The smallest absolute Gasteiger partial charge is 0.0635 e. The maximum atomic E-state index is 10.8. The highest BCUT2D eigenvalue weighted by molar-refractivity contribution is 5.19. The molecule has 0 aromatic heterocycles. The van der Waals surface area contributed by atoms with E-state index in [9.17, 15) is 5.11 Å². The number of hydrogen-bond donors (Lipinski definition) is 1. The van der Waals surface area contributed by atoms with E-state index in [4.69, 9.17) is 0 Å². The van der Waals surface area contributed by atoms with Crippen LogP contribution in [0.5, 0.6) is 0 Å². The van der Waals surface area contributed by atoms with Crippen molar-refractivity contribution in [2.24, 2.45) is 28.1 Å². The highest BCUT2D eigenvalue weighted by Crippen LogP contribution is 2.74. The van der Waals surface area contributed by atoms with Gasteiger partial charge >= 0.3 is 0 Å².